The van der Waals surface area contributed by atoms with Crippen LogP contribution in [-0.4, -0.2) is 29.5 Å². The zero-order valence-corrected chi connectivity index (χ0v) is 13.2. The molecule has 0 radical (unpaired) electrons. The molecule has 1 aromatic carbocycles. The van der Waals surface area contributed by atoms with E-state index in [1.807, 2.05) is 50.6 Å². The van der Waals surface area contributed by atoms with Crippen LogP contribution in [0.5, 0.6) is 0 Å². The summed E-state index contributed by atoms with van der Waals surface area (Å²) in [7, 11) is 5.83. The monoisotopic (exact) mass is 295 g/mol. The van der Waals surface area contributed by atoms with Gasteiger partial charge >= 0.3 is 0 Å². The highest BCUT2D eigenvalue weighted by Gasteiger charge is 2.08. The largest absolute Gasteiger partial charge is 0.353 e. The second-order valence-corrected chi connectivity index (χ2v) is 5.18. The van der Waals surface area contributed by atoms with Gasteiger partial charge in [-0.2, -0.15) is 5.26 Å². The number of hydrogen-bond acceptors (Lipinski definition) is 2. The summed E-state index contributed by atoms with van der Waals surface area (Å²) in [6.45, 7) is 1.46. The van der Waals surface area contributed by atoms with E-state index in [2.05, 4.69) is 31.9 Å². The third kappa shape index (κ3) is 3.89. The van der Waals surface area contributed by atoms with Gasteiger partial charge in [-0.15, -0.1) is 0 Å². The van der Waals surface area contributed by atoms with Crippen LogP contribution in [0.2, 0.25) is 0 Å². The lowest BCUT2D eigenvalue weighted by atomic mass is 10.1. The van der Waals surface area contributed by atoms with Gasteiger partial charge in [-0.25, -0.2) is 0 Å². The molecule has 2 rings (SSSR count). The van der Waals surface area contributed by atoms with Gasteiger partial charge in [-0.05, 0) is 29.8 Å². The van der Waals surface area contributed by atoms with Gasteiger partial charge in [-0.3, -0.25) is 4.99 Å². The van der Waals surface area contributed by atoms with Crippen LogP contribution in [0.3, 0.4) is 0 Å². The molecule has 0 spiro atoms. The van der Waals surface area contributed by atoms with Crippen molar-refractivity contribution in [2.45, 2.75) is 13.1 Å². The second kappa shape index (κ2) is 7.32. The number of aromatic nitrogens is 1. The first-order chi connectivity index (χ1) is 10.6. The SMILES string of the molecule is CN=C(NCc1ccc(C#N)cc1)N(C)Cc1cccn1C. The number of rotatable bonds is 4. The van der Waals surface area contributed by atoms with E-state index in [0.29, 0.717) is 12.1 Å². The van der Waals surface area contributed by atoms with Gasteiger partial charge in [0.1, 0.15) is 0 Å². The van der Waals surface area contributed by atoms with Crippen molar-refractivity contribution in [3.63, 3.8) is 0 Å². The van der Waals surface area contributed by atoms with E-state index in [1.165, 1.54) is 5.69 Å². The number of guanidine groups is 1. The summed E-state index contributed by atoms with van der Waals surface area (Å²) in [6, 6.07) is 13.8. The normalized spacial score (nSPS) is 11.1. The molecular weight excluding hydrogens is 274 g/mol. The lowest BCUT2D eigenvalue weighted by molar-refractivity contribution is 0.461. The maximum atomic E-state index is 8.81. The Morgan fingerprint density at radius 1 is 1.32 bits per heavy atom. The van der Waals surface area contributed by atoms with Crippen molar-refractivity contribution in [2.75, 3.05) is 14.1 Å². The average molecular weight is 295 g/mol. The van der Waals surface area contributed by atoms with E-state index < -0.39 is 0 Å². The van der Waals surface area contributed by atoms with Crippen molar-refractivity contribution in [1.29, 1.82) is 5.26 Å². The van der Waals surface area contributed by atoms with Gasteiger partial charge in [0.05, 0.1) is 18.2 Å². The summed E-state index contributed by atoms with van der Waals surface area (Å²) in [5, 5.41) is 12.1. The Kier molecular flexibility index (Phi) is 5.21. The fourth-order valence-corrected chi connectivity index (χ4v) is 2.24. The molecule has 0 saturated carbocycles. The molecule has 5 nitrogen and oxygen atoms in total. The summed E-state index contributed by atoms with van der Waals surface area (Å²) in [4.78, 5) is 6.40. The molecule has 0 bridgehead atoms. The number of aryl methyl sites for hydroxylation is 1. The molecular formula is C17H21N5. The standard InChI is InChI=1S/C17H21N5/c1-19-17(22(3)13-16-5-4-10-21(16)2)20-12-15-8-6-14(11-18)7-9-15/h4-10H,12-13H2,1-3H3,(H,19,20). The number of nitrogens with zero attached hydrogens (tertiary/aromatic N) is 4. The lowest BCUT2D eigenvalue weighted by Crippen LogP contribution is -2.38. The molecule has 1 aromatic heterocycles. The first kappa shape index (κ1) is 15.6. The molecule has 0 aliphatic carbocycles. The Morgan fingerprint density at radius 2 is 2.05 bits per heavy atom. The summed E-state index contributed by atoms with van der Waals surface area (Å²) in [5.74, 6) is 0.838. The highest BCUT2D eigenvalue weighted by atomic mass is 15.3. The topological polar surface area (TPSA) is 56.4 Å². The first-order valence-electron chi connectivity index (χ1n) is 7.15. The van der Waals surface area contributed by atoms with Crippen molar-refractivity contribution >= 4 is 5.96 Å². The molecule has 0 amide bonds. The van der Waals surface area contributed by atoms with Crippen LogP contribution in [0, 0.1) is 11.3 Å². The molecule has 22 heavy (non-hydrogen) atoms. The van der Waals surface area contributed by atoms with Crippen molar-refractivity contribution in [1.82, 2.24) is 14.8 Å². The molecule has 5 heteroatoms. The van der Waals surface area contributed by atoms with E-state index in [0.717, 1.165) is 18.1 Å². The summed E-state index contributed by atoms with van der Waals surface area (Å²) in [5.41, 5.74) is 3.02. The minimum Gasteiger partial charge on any atom is -0.353 e. The van der Waals surface area contributed by atoms with Crippen LogP contribution in [-0.2, 0) is 20.1 Å². The highest BCUT2D eigenvalue weighted by Crippen LogP contribution is 2.05. The third-order valence-corrected chi connectivity index (χ3v) is 3.56. The minimum absolute atomic E-state index is 0.675. The van der Waals surface area contributed by atoms with Gasteiger partial charge in [0.2, 0.25) is 0 Å². The Balaban J connectivity index is 1.94. The molecule has 0 atom stereocenters. The van der Waals surface area contributed by atoms with Crippen LogP contribution >= 0.6 is 0 Å². The molecule has 0 fully saturated rings. The van der Waals surface area contributed by atoms with Gasteiger partial charge < -0.3 is 14.8 Å². The Hall–Kier alpha value is -2.74. The fourth-order valence-electron chi connectivity index (χ4n) is 2.24. The lowest BCUT2D eigenvalue weighted by Gasteiger charge is -2.22. The van der Waals surface area contributed by atoms with Crippen LogP contribution in [0.4, 0.5) is 0 Å². The van der Waals surface area contributed by atoms with E-state index in [-0.39, 0.29) is 0 Å². The number of benzene rings is 1. The summed E-state index contributed by atoms with van der Waals surface area (Å²) in [6.07, 6.45) is 2.04. The zero-order valence-electron chi connectivity index (χ0n) is 13.2. The van der Waals surface area contributed by atoms with Crippen LogP contribution in [0.1, 0.15) is 16.8 Å². The number of hydrogen-bond donors (Lipinski definition) is 1. The second-order valence-electron chi connectivity index (χ2n) is 5.18. The predicted molar refractivity (Wildman–Crippen MR) is 88.2 cm³/mol. The van der Waals surface area contributed by atoms with E-state index in [9.17, 15) is 0 Å². The Labute approximate surface area is 131 Å². The summed E-state index contributed by atoms with van der Waals surface area (Å²) >= 11 is 0. The molecule has 0 unspecified atom stereocenters. The van der Waals surface area contributed by atoms with Crippen molar-refractivity contribution in [3.8, 4) is 6.07 Å². The Bertz CT molecular complexity index is 676. The Morgan fingerprint density at radius 3 is 2.59 bits per heavy atom. The van der Waals surface area contributed by atoms with Gasteiger partial charge in [0, 0.05) is 39.6 Å². The smallest absolute Gasteiger partial charge is 0.194 e. The predicted octanol–water partition coefficient (Wildman–Crippen LogP) is 2.10. The molecule has 0 aliphatic rings. The molecule has 0 aliphatic heterocycles. The fraction of sp³-hybridized carbons (Fsp3) is 0.294. The van der Waals surface area contributed by atoms with Crippen molar-refractivity contribution in [2.24, 2.45) is 12.0 Å². The van der Waals surface area contributed by atoms with E-state index in [4.69, 9.17) is 5.26 Å². The number of aliphatic imine (C=N–C) groups is 1. The number of nitriles is 1. The van der Waals surface area contributed by atoms with Crippen LogP contribution < -0.4 is 5.32 Å². The summed E-state index contributed by atoms with van der Waals surface area (Å²) < 4.78 is 2.10. The average Bonchev–Trinajstić information content (AvgIpc) is 2.93. The van der Waals surface area contributed by atoms with Crippen LogP contribution in [0.15, 0.2) is 47.6 Å². The molecule has 114 valence electrons. The van der Waals surface area contributed by atoms with Crippen molar-refractivity contribution in [3.05, 3.63) is 59.4 Å². The molecule has 2 aromatic rings. The highest BCUT2D eigenvalue weighted by molar-refractivity contribution is 5.79. The third-order valence-electron chi connectivity index (χ3n) is 3.56. The quantitative estimate of drug-likeness (QED) is 0.694. The van der Waals surface area contributed by atoms with Gasteiger partial charge in [0.25, 0.3) is 0 Å². The van der Waals surface area contributed by atoms with Gasteiger partial charge in [0.15, 0.2) is 5.96 Å². The first-order valence-corrected chi connectivity index (χ1v) is 7.15. The maximum absolute atomic E-state index is 8.81. The van der Waals surface area contributed by atoms with E-state index >= 15 is 0 Å². The van der Waals surface area contributed by atoms with E-state index in [1.54, 1.807) is 7.05 Å². The molecule has 1 heterocycles. The minimum atomic E-state index is 0.675. The zero-order chi connectivity index (χ0) is 15.9. The molecule has 0 saturated heterocycles. The van der Waals surface area contributed by atoms with Crippen LogP contribution in [0.25, 0.3) is 0 Å². The number of nitrogens with one attached hydrogen (secondary N) is 1. The maximum Gasteiger partial charge on any atom is 0.194 e. The van der Waals surface area contributed by atoms with Crippen molar-refractivity contribution < 1.29 is 0 Å². The van der Waals surface area contributed by atoms with Gasteiger partial charge in [-0.1, -0.05) is 12.1 Å². The molecule has 1 N–H and O–H groups in total.